The zero-order valence-electron chi connectivity index (χ0n) is 18.0. The van der Waals surface area contributed by atoms with E-state index in [0.717, 1.165) is 0 Å². The maximum absolute atomic E-state index is 12.4. The van der Waals surface area contributed by atoms with Crippen LogP contribution >= 0.6 is 15.6 Å². The molecule has 2 atom stereocenters. The predicted octanol–water partition coefficient (Wildman–Crippen LogP) is 6.04. The van der Waals surface area contributed by atoms with Gasteiger partial charge in [0.25, 0.3) is 0 Å². The number of hydrogen-bond acceptors (Lipinski definition) is 6. The standard InChI is InChI=1S/C22H24O8P2/c1-15-7-5-8-16(2)21(15)29-31(23,24)27-19-11-13-20(14-12-19)28-32(25,26)30-22-17(3)9-6-10-18(22)4/h5-14H,1-4H3,(H,23,24)(H,25,26). The minimum atomic E-state index is -4.47. The summed E-state index contributed by atoms with van der Waals surface area (Å²) >= 11 is 0. The summed E-state index contributed by atoms with van der Waals surface area (Å²) < 4.78 is 45.5. The molecule has 3 aromatic rings. The van der Waals surface area contributed by atoms with Gasteiger partial charge in [-0.05, 0) is 74.2 Å². The second-order valence-corrected chi connectivity index (χ2v) is 9.82. The highest BCUT2D eigenvalue weighted by atomic mass is 31.2. The first kappa shape index (κ1) is 23.9. The number of para-hydroxylation sites is 2. The van der Waals surface area contributed by atoms with E-state index in [9.17, 15) is 18.9 Å². The van der Waals surface area contributed by atoms with Crippen LogP contribution in [-0.4, -0.2) is 9.79 Å². The van der Waals surface area contributed by atoms with Gasteiger partial charge in [0.2, 0.25) is 0 Å². The fraction of sp³-hybridized carbons (Fsp3) is 0.182. The van der Waals surface area contributed by atoms with E-state index in [-0.39, 0.29) is 23.0 Å². The van der Waals surface area contributed by atoms with Gasteiger partial charge in [-0.2, -0.15) is 0 Å². The van der Waals surface area contributed by atoms with Crippen molar-refractivity contribution in [2.75, 3.05) is 0 Å². The van der Waals surface area contributed by atoms with Crippen LogP contribution in [0, 0.1) is 27.7 Å². The van der Waals surface area contributed by atoms with Crippen LogP contribution in [0.15, 0.2) is 60.7 Å². The van der Waals surface area contributed by atoms with Gasteiger partial charge in [-0.1, -0.05) is 36.4 Å². The third-order valence-corrected chi connectivity index (χ3v) is 6.21. The van der Waals surface area contributed by atoms with Gasteiger partial charge >= 0.3 is 15.6 Å². The van der Waals surface area contributed by atoms with E-state index in [4.69, 9.17) is 18.1 Å². The van der Waals surface area contributed by atoms with E-state index < -0.39 is 15.6 Å². The van der Waals surface area contributed by atoms with Crippen LogP contribution in [-0.2, 0) is 9.13 Å². The van der Waals surface area contributed by atoms with E-state index >= 15 is 0 Å². The predicted molar refractivity (Wildman–Crippen MR) is 120 cm³/mol. The average molecular weight is 478 g/mol. The summed E-state index contributed by atoms with van der Waals surface area (Å²) in [6.45, 7) is 7.01. The summed E-state index contributed by atoms with van der Waals surface area (Å²) in [7, 11) is -8.95. The number of rotatable bonds is 8. The van der Waals surface area contributed by atoms with Crippen molar-refractivity contribution in [1.82, 2.24) is 0 Å². The largest absolute Gasteiger partial charge is 0.584 e. The molecule has 0 aliphatic carbocycles. The molecule has 0 saturated heterocycles. The number of hydrogen-bond donors (Lipinski definition) is 2. The molecule has 0 heterocycles. The topological polar surface area (TPSA) is 112 Å². The molecular weight excluding hydrogens is 454 g/mol. The highest BCUT2D eigenvalue weighted by Crippen LogP contribution is 2.48. The van der Waals surface area contributed by atoms with E-state index in [2.05, 4.69) is 0 Å². The SMILES string of the molecule is Cc1cccc(C)c1OP(=O)(O)Oc1ccc(OP(=O)(O)Oc2c(C)cccc2C)cc1. The van der Waals surface area contributed by atoms with Crippen LogP contribution < -0.4 is 18.1 Å². The van der Waals surface area contributed by atoms with Gasteiger partial charge in [-0.15, -0.1) is 0 Å². The Balaban J connectivity index is 1.68. The van der Waals surface area contributed by atoms with Gasteiger partial charge < -0.3 is 18.1 Å². The summed E-state index contributed by atoms with van der Waals surface area (Å²) in [5.74, 6) is 0.557. The number of benzene rings is 3. The van der Waals surface area contributed by atoms with Gasteiger partial charge in [0.05, 0.1) is 0 Å². The van der Waals surface area contributed by atoms with Crippen molar-refractivity contribution in [3.8, 4) is 23.0 Å². The monoisotopic (exact) mass is 478 g/mol. The molecule has 32 heavy (non-hydrogen) atoms. The Morgan fingerprint density at radius 1 is 0.531 bits per heavy atom. The molecule has 0 radical (unpaired) electrons. The molecular formula is C22H24O8P2. The van der Waals surface area contributed by atoms with E-state index in [1.54, 1.807) is 52.0 Å². The molecule has 0 amide bonds. The Kier molecular flexibility index (Phi) is 7.01. The Bertz CT molecular complexity index is 1070. The minimum absolute atomic E-state index is 0.0119. The highest BCUT2D eigenvalue weighted by Gasteiger charge is 2.28. The van der Waals surface area contributed by atoms with Crippen molar-refractivity contribution < 1.29 is 37.0 Å². The molecule has 170 valence electrons. The Morgan fingerprint density at radius 2 is 0.812 bits per heavy atom. The maximum atomic E-state index is 12.4. The molecule has 0 bridgehead atoms. The van der Waals surface area contributed by atoms with E-state index in [1.165, 1.54) is 24.3 Å². The van der Waals surface area contributed by atoms with Crippen molar-refractivity contribution in [3.05, 3.63) is 82.9 Å². The Labute approximate surface area is 186 Å². The molecule has 3 aromatic carbocycles. The average Bonchev–Trinajstić information content (AvgIpc) is 2.69. The lowest BCUT2D eigenvalue weighted by Crippen LogP contribution is -2.03. The van der Waals surface area contributed by atoms with E-state index in [1.807, 2.05) is 12.1 Å². The lowest BCUT2D eigenvalue weighted by atomic mass is 10.1. The Morgan fingerprint density at radius 3 is 1.09 bits per heavy atom. The number of aryl methyl sites for hydroxylation is 4. The number of phosphoric ester groups is 2. The quantitative estimate of drug-likeness (QED) is 0.377. The van der Waals surface area contributed by atoms with E-state index in [0.29, 0.717) is 22.3 Å². The summed E-state index contributed by atoms with van der Waals surface area (Å²) in [6, 6.07) is 15.9. The van der Waals surface area contributed by atoms with Crippen molar-refractivity contribution in [3.63, 3.8) is 0 Å². The minimum Gasteiger partial charge on any atom is -0.395 e. The first-order chi connectivity index (χ1) is 15.0. The maximum Gasteiger partial charge on any atom is 0.584 e. The molecule has 0 aromatic heterocycles. The van der Waals surface area contributed by atoms with Crippen LogP contribution in [0.1, 0.15) is 22.3 Å². The third-order valence-electron chi connectivity index (χ3n) is 4.50. The molecule has 10 heteroatoms. The first-order valence-corrected chi connectivity index (χ1v) is 12.6. The summed E-state index contributed by atoms with van der Waals surface area (Å²) in [5, 5.41) is 0. The van der Waals surface area contributed by atoms with Crippen LogP contribution in [0.4, 0.5) is 0 Å². The number of phosphoric acid groups is 2. The molecule has 8 nitrogen and oxygen atoms in total. The van der Waals surface area contributed by atoms with Crippen LogP contribution in [0.5, 0.6) is 23.0 Å². The smallest absolute Gasteiger partial charge is 0.395 e. The second-order valence-electron chi connectivity index (χ2n) is 7.22. The molecule has 2 unspecified atom stereocenters. The second kappa shape index (κ2) is 9.39. The summed E-state index contributed by atoms with van der Waals surface area (Å²) in [4.78, 5) is 20.2. The van der Waals surface area contributed by atoms with Gasteiger partial charge in [0.15, 0.2) is 0 Å². The molecule has 0 aliphatic heterocycles. The molecule has 3 rings (SSSR count). The zero-order chi connectivity index (χ0) is 23.5. The molecule has 0 saturated carbocycles. The summed E-state index contributed by atoms with van der Waals surface area (Å²) in [6.07, 6.45) is 0. The van der Waals surface area contributed by atoms with Gasteiger partial charge in [-0.3, -0.25) is 9.79 Å². The van der Waals surface area contributed by atoms with Crippen LogP contribution in [0.2, 0.25) is 0 Å². The normalized spacial score (nSPS) is 14.7. The molecule has 0 fully saturated rings. The highest BCUT2D eigenvalue weighted by molar-refractivity contribution is 7.48. The molecule has 2 N–H and O–H groups in total. The van der Waals surface area contributed by atoms with Crippen LogP contribution in [0.3, 0.4) is 0 Å². The van der Waals surface area contributed by atoms with Crippen LogP contribution in [0.25, 0.3) is 0 Å². The molecule has 0 aliphatic rings. The van der Waals surface area contributed by atoms with Gasteiger partial charge in [0, 0.05) is 0 Å². The lowest BCUT2D eigenvalue weighted by Gasteiger charge is -2.18. The lowest BCUT2D eigenvalue weighted by molar-refractivity contribution is 0.285. The van der Waals surface area contributed by atoms with Crippen molar-refractivity contribution in [2.45, 2.75) is 27.7 Å². The first-order valence-electron chi connectivity index (χ1n) is 9.62. The fourth-order valence-corrected chi connectivity index (χ4v) is 4.87. The van der Waals surface area contributed by atoms with Crippen molar-refractivity contribution >= 4 is 15.6 Å². The van der Waals surface area contributed by atoms with Gasteiger partial charge in [0.1, 0.15) is 23.0 Å². The molecule has 0 spiro atoms. The van der Waals surface area contributed by atoms with Crippen molar-refractivity contribution in [2.24, 2.45) is 0 Å². The third kappa shape index (κ3) is 6.15. The fourth-order valence-electron chi connectivity index (χ4n) is 2.98. The van der Waals surface area contributed by atoms with Crippen molar-refractivity contribution in [1.29, 1.82) is 0 Å². The summed E-state index contributed by atoms with van der Waals surface area (Å²) in [5.41, 5.74) is 2.76. The Hall–Kier alpha value is -2.76. The van der Waals surface area contributed by atoms with Gasteiger partial charge in [-0.25, -0.2) is 9.13 Å². The zero-order valence-corrected chi connectivity index (χ0v) is 19.8.